The van der Waals surface area contributed by atoms with Gasteiger partial charge in [0.1, 0.15) is 0 Å². The average molecular weight is 383 g/mol. The number of carboxylic acid groups (broad SMARTS) is 1. The van der Waals surface area contributed by atoms with Crippen molar-refractivity contribution in [3.8, 4) is 0 Å². The molecule has 0 saturated heterocycles. The van der Waals surface area contributed by atoms with Crippen molar-refractivity contribution in [3.05, 3.63) is 59.9 Å². The van der Waals surface area contributed by atoms with E-state index in [0.29, 0.717) is 16.7 Å². The van der Waals surface area contributed by atoms with Crippen LogP contribution in [0, 0.1) is 6.92 Å². The fourth-order valence-corrected chi connectivity index (χ4v) is 3.71. The number of hydrogen-bond donors (Lipinski definition) is 2. The minimum absolute atomic E-state index is 0.129. The molecule has 0 atom stereocenters. The molecule has 10 heteroatoms. The third-order valence-corrected chi connectivity index (χ3v) is 5.14. The van der Waals surface area contributed by atoms with Crippen molar-refractivity contribution in [2.45, 2.75) is 12.1 Å². The Balaban J connectivity index is 1.88. The molecule has 136 valence electrons. The summed E-state index contributed by atoms with van der Waals surface area (Å²) in [5.41, 5.74) is 0.950. The van der Waals surface area contributed by atoms with Crippen LogP contribution in [-0.4, -0.2) is 39.1 Å². The van der Waals surface area contributed by atoms with Gasteiger partial charge in [-0.15, -0.1) is 5.10 Å². The van der Waals surface area contributed by atoms with Crippen molar-refractivity contribution >= 4 is 38.2 Å². The van der Waals surface area contributed by atoms with E-state index in [4.69, 9.17) is 0 Å². The van der Waals surface area contributed by atoms with Gasteiger partial charge < -0.3 is 5.11 Å². The van der Waals surface area contributed by atoms with Gasteiger partial charge in [0.25, 0.3) is 15.2 Å². The molecule has 0 spiro atoms. The van der Waals surface area contributed by atoms with Gasteiger partial charge in [-0.05, 0) is 31.2 Å². The van der Waals surface area contributed by atoms with E-state index in [1.807, 2.05) is 0 Å². The maximum Gasteiger partial charge on any atom is 0.337 e. The van der Waals surface area contributed by atoms with Gasteiger partial charge in [0.05, 0.1) is 16.8 Å². The molecule has 0 radical (unpaired) electrons. The van der Waals surface area contributed by atoms with Crippen LogP contribution in [0.2, 0.25) is 0 Å². The van der Waals surface area contributed by atoms with Crippen molar-refractivity contribution in [3.63, 3.8) is 0 Å². The molecular formula is C17H13N5O4S. The zero-order chi connectivity index (χ0) is 19.2. The van der Waals surface area contributed by atoms with E-state index in [1.165, 1.54) is 16.8 Å². The Morgan fingerprint density at radius 2 is 1.96 bits per heavy atom. The number of nitrogens with zero attached hydrogens (tertiary/aromatic N) is 4. The molecule has 0 aliphatic heterocycles. The number of hydrogen-bond acceptors (Lipinski definition) is 6. The van der Waals surface area contributed by atoms with Crippen LogP contribution in [0.25, 0.3) is 16.6 Å². The van der Waals surface area contributed by atoms with Crippen molar-refractivity contribution < 1.29 is 18.3 Å². The van der Waals surface area contributed by atoms with E-state index >= 15 is 0 Å². The number of anilines is 1. The molecule has 0 aliphatic rings. The number of nitrogens with one attached hydrogen (secondary N) is 1. The predicted octanol–water partition coefficient (Wildman–Crippen LogP) is 2.08. The summed E-state index contributed by atoms with van der Waals surface area (Å²) >= 11 is 0. The molecule has 4 rings (SSSR count). The van der Waals surface area contributed by atoms with Crippen LogP contribution >= 0.6 is 0 Å². The van der Waals surface area contributed by atoms with Crippen molar-refractivity contribution in [1.29, 1.82) is 0 Å². The lowest BCUT2D eigenvalue weighted by Gasteiger charge is -2.11. The van der Waals surface area contributed by atoms with Crippen LogP contribution in [0.4, 0.5) is 5.69 Å². The number of aromatic carboxylic acids is 1. The molecule has 0 fully saturated rings. The molecule has 0 amide bonds. The highest BCUT2D eigenvalue weighted by Crippen LogP contribution is 2.28. The Kier molecular flexibility index (Phi) is 3.77. The summed E-state index contributed by atoms with van der Waals surface area (Å²) in [6.45, 7) is 1.77. The van der Waals surface area contributed by atoms with Crippen LogP contribution in [0.3, 0.4) is 0 Å². The van der Waals surface area contributed by atoms with E-state index in [0.717, 1.165) is 0 Å². The first kappa shape index (κ1) is 16.9. The van der Waals surface area contributed by atoms with Gasteiger partial charge in [-0.2, -0.15) is 13.4 Å². The molecule has 0 bridgehead atoms. The molecule has 3 aromatic heterocycles. The number of benzene rings is 1. The van der Waals surface area contributed by atoms with Crippen molar-refractivity contribution in [2.75, 3.05) is 4.72 Å². The van der Waals surface area contributed by atoms with E-state index in [1.54, 1.807) is 43.3 Å². The first-order valence-corrected chi connectivity index (χ1v) is 9.31. The summed E-state index contributed by atoms with van der Waals surface area (Å²) < 4.78 is 29.4. The molecule has 27 heavy (non-hydrogen) atoms. The fraction of sp³-hybridized carbons (Fsp3) is 0.0588. The first-order chi connectivity index (χ1) is 12.9. The fourth-order valence-electron chi connectivity index (χ4n) is 2.74. The lowest BCUT2D eigenvalue weighted by molar-refractivity contribution is 0.0698. The zero-order valence-electron chi connectivity index (χ0n) is 14.0. The molecule has 0 unspecified atom stereocenters. The van der Waals surface area contributed by atoms with Crippen LogP contribution in [-0.2, 0) is 10.0 Å². The Hall–Kier alpha value is -3.53. The lowest BCUT2D eigenvalue weighted by Crippen LogP contribution is -2.17. The molecule has 0 saturated carbocycles. The monoisotopic (exact) mass is 383 g/mol. The largest absolute Gasteiger partial charge is 0.478 e. The second-order valence-electron chi connectivity index (χ2n) is 5.81. The number of carbonyl (C=O) groups is 1. The van der Waals surface area contributed by atoms with E-state index in [9.17, 15) is 18.3 Å². The smallest absolute Gasteiger partial charge is 0.337 e. The Bertz CT molecular complexity index is 1310. The number of carboxylic acids is 1. The molecule has 4 aromatic rings. The Morgan fingerprint density at radius 1 is 1.15 bits per heavy atom. The van der Waals surface area contributed by atoms with Gasteiger partial charge in [-0.25, -0.2) is 9.31 Å². The van der Waals surface area contributed by atoms with Gasteiger partial charge in [0.15, 0.2) is 5.65 Å². The summed E-state index contributed by atoms with van der Waals surface area (Å²) in [6, 6.07) is 11.4. The van der Waals surface area contributed by atoms with Crippen molar-refractivity contribution in [2.24, 2.45) is 0 Å². The Labute approximate surface area is 153 Å². The Morgan fingerprint density at radius 3 is 2.70 bits per heavy atom. The zero-order valence-corrected chi connectivity index (χ0v) is 14.8. The van der Waals surface area contributed by atoms with Gasteiger partial charge in [0, 0.05) is 17.3 Å². The van der Waals surface area contributed by atoms with Gasteiger partial charge in [-0.1, -0.05) is 18.2 Å². The SMILES string of the molecule is Cc1cccc2nc(S(=O)(=O)Nc3c(C(=O)O)ccc4cccnc34)nn12. The number of sulfonamides is 1. The first-order valence-electron chi connectivity index (χ1n) is 7.83. The summed E-state index contributed by atoms with van der Waals surface area (Å²) in [4.78, 5) is 19.7. The number of aryl methyl sites for hydroxylation is 1. The highest BCUT2D eigenvalue weighted by Gasteiger charge is 2.25. The van der Waals surface area contributed by atoms with Gasteiger partial charge in [0.2, 0.25) is 0 Å². The molecule has 3 heterocycles. The standard InChI is InChI=1S/C17H13N5O4S/c1-10-4-2-6-13-19-17(20-22(10)13)27(25,26)21-15-12(16(23)24)8-7-11-5-3-9-18-14(11)15/h2-9,21H,1H3,(H,23,24). The van der Waals surface area contributed by atoms with Crippen LogP contribution in [0.1, 0.15) is 16.1 Å². The minimum Gasteiger partial charge on any atom is -0.478 e. The van der Waals surface area contributed by atoms with E-state index < -0.39 is 21.1 Å². The van der Waals surface area contributed by atoms with Crippen molar-refractivity contribution in [1.82, 2.24) is 19.6 Å². The average Bonchev–Trinajstić information content (AvgIpc) is 3.08. The molecule has 2 N–H and O–H groups in total. The highest BCUT2D eigenvalue weighted by molar-refractivity contribution is 7.92. The van der Waals surface area contributed by atoms with Gasteiger partial charge in [-0.3, -0.25) is 9.71 Å². The maximum atomic E-state index is 12.8. The number of pyridine rings is 2. The maximum absolute atomic E-state index is 12.8. The third-order valence-electron chi connectivity index (χ3n) is 4.01. The second kappa shape index (κ2) is 6.02. The predicted molar refractivity (Wildman–Crippen MR) is 97.2 cm³/mol. The number of fused-ring (bicyclic) bond motifs is 2. The summed E-state index contributed by atoms with van der Waals surface area (Å²) in [7, 11) is -4.24. The minimum atomic E-state index is -4.24. The highest BCUT2D eigenvalue weighted by atomic mass is 32.2. The summed E-state index contributed by atoms with van der Waals surface area (Å²) in [5.74, 6) is -1.28. The number of rotatable bonds is 4. The molecule has 0 aliphatic carbocycles. The number of aromatic nitrogens is 4. The summed E-state index contributed by atoms with van der Waals surface area (Å²) in [5, 5.41) is 13.6. The molecule has 9 nitrogen and oxygen atoms in total. The quantitative estimate of drug-likeness (QED) is 0.552. The molecule has 1 aromatic carbocycles. The van der Waals surface area contributed by atoms with Crippen LogP contribution < -0.4 is 4.72 Å². The van der Waals surface area contributed by atoms with Gasteiger partial charge >= 0.3 is 5.97 Å². The normalized spacial score (nSPS) is 11.7. The topological polar surface area (TPSA) is 127 Å². The van der Waals surface area contributed by atoms with Crippen LogP contribution in [0.15, 0.2) is 53.8 Å². The third kappa shape index (κ3) is 2.85. The van der Waals surface area contributed by atoms with E-state index in [-0.39, 0.29) is 16.8 Å². The second-order valence-corrected chi connectivity index (χ2v) is 7.38. The molecular weight excluding hydrogens is 370 g/mol. The lowest BCUT2D eigenvalue weighted by atomic mass is 10.1. The summed E-state index contributed by atoms with van der Waals surface area (Å²) in [6.07, 6.45) is 1.46. The van der Waals surface area contributed by atoms with E-state index in [2.05, 4.69) is 19.8 Å². The van der Waals surface area contributed by atoms with Crippen LogP contribution in [0.5, 0.6) is 0 Å².